The highest BCUT2D eigenvalue weighted by Gasteiger charge is 2.14. The maximum absolute atomic E-state index is 11.7. The number of carbonyl (C=O) groups is 1. The Morgan fingerprint density at radius 2 is 2.20 bits per heavy atom. The average Bonchev–Trinajstić information content (AvgIpc) is 2.14. The summed E-state index contributed by atoms with van der Waals surface area (Å²) in [5.74, 6) is -0.178. The van der Waals surface area contributed by atoms with E-state index in [9.17, 15) is 4.79 Å². The highest BCUT2D eigenvalue weighted by Crippen LogP contribution is 2.14. The first-order chi connectivity index (χ1) is 6.90. The van der Waals surface area contributed by atoms with Crippen molar-refractivity contribution in [3.8, 4) is 0 Å². The predicted molar refractivity (Wildman–Crippen MR) is 61.0 cm³/mol. The number of pyridine rings is 1. The molecule has 0 aliphatic heterocycles. The molecule has 0 saturated heterocycles. The number of rotatable bonds is 2. The molecule has 3 nitrogen and oxygen atoms in total. The van der Waals surface area contributed by atoms with Gasteiger partial charge in [-0.2, -0.15) is 0 Å². The summed E-state index contributed by atoms with van der Waals surface area (Å²) >= 11 is 5.87. The lowest BCUT2D eigenvalue weighted by Crippen LogP contribution is -2.32. The maximum Gasteiger partial charge on any atom is 0.254 e. The molecule has 1 heterocycles. The van der Waals surface area contributed by atoms with Gasteiger partial charge in [-0.1, -0.05) is 32.4 Å². The van der Waals surface area contributed by atoms with Gasteiger partial charge in [0.1, 0.15) is 0 Å². The van der Waals surface area contributed by atoms with Gasteiger partial charge < -0.3 is 5.32 Å². The van der Waals surface area contributed by atoms with Crippen LogP contribution in [0.1, 0.15) is 31.1 Å². The fraction of sp³-hybridized carbons (Fsp3) is 0.455. The van der Waals surface area contributed by atoms with Gasteiger partial charge in [0.2, 0.25) is 0 Å². The number of nitrogens with zero attached hydrogens (tertiary/aromatic N) is 1. The van der Waals surface area contributed by atoms with Crippen LogP contribution in [0.5, 0.6) is 0 Å². The predicted octanol–water partition coefficient (Wildman–Crippen LogP) is 2.51. The Kier molecular flexibility index (Phi) is 3.69. The van der Waals surface area contributed by atoms with Crippen LogP contribution >= 0.6 is 11.6 Å². The fourth-order valence-electron chi connectivity index (χ4n) is 0.985. The van der Waals surface area contributed by atoms with Gasteiger partial charge in [0.25, 0.3) is 5.91 Å². The summed E-state index contributed by atoms with van der Waals surface area (Å²) < 4.78 is 0. The number of hydrogen-bond acceptors (Lipinski definition) is 2. The molecule has 0 bridgehead atoms. The Hall–Kier alpha value is -1.09. The van der Waals surface area contributed by atoms with Crippen LogP contribution < -0.4 is 5.32 Å². The molecule has 0 aromatic carbocycles. The summed E-state index contributed by atoms with van der Waals surface area (Å²) in [5.41, 5.74) is 0.480. The number of carbonyl (C=O) groups excluding carboxylic acids is 1. The first kappa shape index (κ1) is 12.0. The van der Waals surface area contributed by atoms with Crippen molar-refractivity contribution in [1.82, 2.24) is 10.3 Å². The van der Waals surface area contributed by atoms with Gasteiger partial charge in [0.15, 0.2) is 0 Å². The molecule has 1 amide bonds. The van der Waals surface area contributed by atoms with Gasteiger partial charge in [0, 0.05) is 18.9 Å². The van der Waals surface area contributed by atoms with Crippen molar-refractivity contribution >= 4 is 17.5 Å². The zero-order chi connectivity index (χ0) is 11.5. The van der Waals surface area contributed by atoms with E-state index in [0.717, 1.165) is 0 Å². The molecule has 15 heavy (non-hydrogen) atoms. The number of halogens is 1. The van der Waals surface area contributed by atoms with E-state index in [0.29, 0.717) is 17.1 Å². The topological polar surface area (TPSA) is 42.0 Å². The second-order valence-electron chi connectivity index (χ2n) is 4.60. The lowest BCUT2D eigenvalue weighted by molar-refractivity contribution is 0.0939. The summed E-state index contributed by atoms with van der Waals surface area (Å²) in [6, 6.07) is 1.60. The highest BCUT2D eigenvalue weighted by molar-refractivity contribution is 6.33. The van der Waals surface area contributed by atoms with Crippen molar-refractivity contribution in [3.05, 3.63) is 29.0 Å². The quantitative estimate of drug-likeness (QED) is 0.842. The molecule has 1 aromatic heterocycles. The molecule has 0 aliphatic carbocycles. The minimum absolute atomic E-state index is 0.0599. The molecule has 82 valence electrons. The van der Waals surface area contributed by atoms with E-state index in [2.05, 4.69) is 31.1 Å². The van der Waals surface area contributed by atoms with Crippen LogP contribution in [0.3, 0.4) is 0 Å². The minimum Gasteiger partial charge on any atom is -0.351 e. The van der Waals surface area contributed by atoms with Crippen LogP contribution in [0.15, 0.2) is 18.5 Å². The number of amides is 1. The number of aromatic nitrogens is 1. The largest absolute Gasteiger partial charge is 0.351 e. The van der Waals surface area contributed by atoms with Gasteiger partial charge in [-0.3, -0.25) is 9.78 Å². The molecule has 1 N–H and O–H groups in total. The molecule has 0 aliphatic rings. The molecule has 1 aromatic rings. The van der Waals surface area contributed by atoms with Crippen LogP contribution in [-0.2, 0) is 0 Å². The highest BCUT2D eigenvalue weighted by atomic mass is 35.5. The monoisotopic (exact) mass is 226 g/mol. The fourth-order valence-corrected chi connectivity index (χ4v) is 1.18. The van der Waals surface area contributed by atoms with E-state index < -0.39 is 0 Å². The van der Waals surface area contributed by atoms with Crippen LogP contribution in [0.4, 0.5) is 0 Å². The molecule has 0 unspecified atom stereocenters. The zero-order valence-electron chi connectivity index (χ0n) is 9.17. The van der Waals surface area contributed by atoms with Gasteiger partial charge in [-0.25, -0.2) is 0 Å². The van der Waals surface area contributed by atoms with Gasteiger partial charge in [-0.05, 0) is 11.5 Å². The van der Waals surface area contributed by atoms with Crippen LogP contribution in [-0.4, -0.2) is 17.4 Å². The zero-order valence-corrected chi connectivity index (χ0v) is 9.93. The Labute approximate surface area is 94.9 Å². The van der Waals surface area contributed by atoms with E-state index in [1.807, 2.05) is 0 Å². The summed E-state index contributed by atoms with van der Waals surface area (Å²) in [5, 5.41) is 3.24. The lowest BCUT2D eigenvalue weighted by atomic mass is 9.97. The Balaban J connectivity index is 2.66. The Morgan fingerprint density at radius 3 is 2.73 bits per heavy atom. The standard InChI is InChI=1S/C11H15ClN2O/c1-11(2,3)7-14-10(15)8-6-13-5-4-9(8)12/h4-6H,7H2,1-3H3,(H,14,15). The van der Waals surface area contributed by atoms with E-state index in [1.165, 1.54) is 6.20 Å². The third kappa shape index (κ3) is 3.88. The van der Waals surface area contributed by atoms with E-state index in [1.54, 1.807) is 12.3 Å². The second kappa shape index (κ2) is 4.62. The molecule has 0 spiro atoms. The van der Waals surface area contributed by atoms with Crippen molar-refractivity contribution in [2.24, 2.45) is 5.41 Å². The van der Waals surface area contributed by atoms with Crippen LogP contribution in [0.25, 0.3) is 0 Å². The van der Waals surface area contributed by atoms with Crippen molar-refractivity contribution in [1.29, 1.82) is 0 Å². The van der Waals surface area contributed by atoms with Crippen molar-refractivity contribution in [3.63, 3.8) is 0 Å². The lowest BCUT2D eigenvalue weighted by Gasteiger charge is -2.18. The first-order valence-electron chi connectivity index (χ1n) is 4.78. The second-order valence-corrected chi connectivity index (χ2v) is 5.01. The van der Waals surface area contributed by atoms with E-state index in [4.69, 9.17) is 11.6 Å². The van der Waals surface area contributed by atoms with E-state index >= 15 is 0 Å². The number of hydrogen-bond donors (Lipinski definition) is 1. The molecule has 1 rings (SSSR count). The average molecular weight is 227 g/mol. The Morgan fingerprint density at radius 1 is 1.53 bits per heavy atom. The van der Waals surface area contributed by atoms with Gasteiger partial charge >= 0.3 is 0 Å². The smallest absolute Gasteiger partial charge is 0.254 e. The molecule has 0 fully saturated rings. The maximum atomic E-state index is 11.7. The van der Waals surface area contributed by atoms with Crippen molar-refractivity contribution < 1.29 is 4.79 Å². The van der Waals surface area contributed by atoms with Crippen molar-refractivity contribution in [2.45, 2.75) is 20.8 Å². The molecule has 4 heteroatoms. The SMILES string of the molecule is CC(C)(C)CNC(=O)c1cnccc1Cl. The van der Waals surface area contributed by atoms with Crippen LogP contribution in [0.2, 0.25) is 5.02 Å². The summed E-state index contributed by atoms with van der Waals surface area (Å²) in [6.07, 6.45) is 3.03. The van der Waals surface area contributed by atoms with E-state index in [-0.39, 0.29) is 11.3 Å². The molecule has 0 radical (unpaired) electrons. The molecular formula is C11H15ClN2O. The van der Waals surface area contributed by atoms with Gasteiger partial charge in [0.05, 0.1) is 10.6 Å². The third-order valence-electron chi connectivity index (χ3n) is 1.79. The third-order valence-corrected chi connectivity index (χ3v) is 2.12. The van der Waals surface area contributed by atoms with Crippen molar-refractivity contribution in [2.75, 3.05) is 6.54 Å². The molecular weight excluding hydrogens is 212 g/mol. The number of nitrogens with one attached hydrogen (secondary N) is 1. The summed E-state index contributed by atoms with van der Waals surface area (Å²) in [6.45, 7) is 6.77. The normalized spacial score (nSPS) is 11.2. The van der Waals surface area contributed by atoms with Gasteiger partial charge in [-0.15, -0.1) is 0 Å². The minimum atomic E-state index is -0.178. The van der Waals surface area contributed by atoms with Crippen LogP contribution in [0, 0.1) is 5.41 Å². The molecule has 0 saturated carbocycles. The summed E-state index contributed by atoms with van der Waals surface area (Å²) in [7, 11) is 0. The first-order valence-corrected chi connectivity index (χ1v) is 5.16. The summed E-state index contributed by atoms with van der Waals surface area (Å²) in [4.78, 5) is 15.5. The molecule has 0 atom stereocenters. The Bertz CT molecular complexity index is 358.